The van der Waals surface area contributed by atoms with Crippen LogP contribution >= 0.6 is 0 Å². The molecule has 1 aromatic carbocycles. The first-order valence-corrected chi connectivity index (χ1v) is 5.03. The summed E-state index contributed by atoms with van der Waals surface area (Å²) in [6, 6.07) is 7.14. The molecule has 16 heavy (non-hydrogen) atoms. The molecular weight excluding hydrogens is 208 g/mol. The number of ether oxygens (including phenoxy) is 1. The molecule has 0 fully saturated rings. The first-order valence-electron chi connectivity index (χ1n) is 5.03. The monoisotopic (exact) mass is 219 g/mol. The van der Waals surface area contributed by atoms with Crippen molar-refractivity contribution in [1.82, 2.24) is 0 Å². The maximum Gasteiger partial charge on any atom is 0.156 e. The number of para-hydroxylation sites is 1. The van der Waals surface area contributed by atoms with Gasteiger partial charge in [0.1, 0.15) is 11.6 Å². The molecule has 1 aromatic heterocycles. The fraction of sp³-hybridized carbons (Fsp3) is 0.250. The Morgan fingerprint density at radius 1 is 1.44 bits per heavy atom. The van der Waals surface area contributed by atoms with E-state index in [1.54, 1.807) is 18.2 Å². The van der Waals surface area contributed by atoms with Gasteiger partial charge in [0.05, 0.1) is 6.61 Å². The minimum Gasteiger partial charge on any atom is -0.542 e. The first kappa shape index (κ1) is 10.7. The van der Waals surface area contributed by atoms with E-state index in [9.17, 15) is 9.90 Å². The average Bonchev–Trinajstić information content (AvgIpc) is 2.65. The average molecular weight is 219 g/mol. The van der Waals surface area contributed by atoms with Crippen molar-refractivity contribution in [2.24, 2.45) is 0 Å². The van der Waals surface area contributed by atoms with Gasteiger partial charge in [0, 0.05) is 17.6 Å². The van der Waals surface area contributed by atoms with Crippen LogP contribution in [-0.2, 0) is 11.3 Å². The van der Waals surface area contributed by atoms with Crippen LogP contribution in [0.3, 0.4) is 0 Å². The first-order chi connectivity index (χ1) is 7.74. The van der Waals surface area contributed by atoms with Gasteiger partial charge < -0.3 is 19.1 Å². The number of rotatable bonds is 4. The number of hydrogen-bond acceptors (Lipinski definition) is 4. The van der Waals surface area contributed by atoms with Crippen LogP contribution < -0.4 is 5.11 Å². The van der Waals surface area contributed by atoms with Crippen LogP contribution in [0.5, 0.6) is 0 Å². The molecule has 4 heteroatoms. The standard InChI is InChI=1S/C12H12O4/c1-2-15-7-9-8-5-3-4-6-10(8)16-11(9)12(13)14/h3-6H,2,7H2,1H3,(H,13,14)/p-1. The molecule has 0 saturated heterocycles. The van der Waals surface area contributed by atoms with Crippen LogP contribution in [0.25, 0.3) is 11.0 Å². The van der Waals surface area contributed by atoms with Crippen LogP contribution in [0.4, 0.5) is 0 Å². The van der Waals surface area contributed by atoms with Crippen molar-refractivity contribution in [1.29, 1.82) is 0 Å². The predicted molar refractivity (Wildman–Crippen MR) is 55.9 cm³/mol. The molecule has 4 nitrogen and oxygen atoms in total. The van der Waals surface area contributed by atoms with Gasteiger partial charge in [-0.25, -0.2) is 0 Å². The lowest BCUT2D eigenvalue weighted by molar-refractivity contribution is -0.257. The maximum atomic E-state index is 10.9. The number of carbonyl (C=O) groups excluding carboxylic acids is 1. The van der Waals surface area contributed by atoms with Crippen LogP contribution in [0.1, 0.15) is 23.0 Å². The van der Waals surface area contributed by atoms with E-state index in [1.165, 1.54) is 0 Å². The van der Waals surface area contributed by atoms with Gasteiger partial charge in [-0.3, -0.25) is 0 Å². The Labute approximate surface area is 92.4 Å². The Hall–Kier alpha value is -1.81. The van der Waals surface area contributed by atoms with Crippen molar-refractivity contribution in [3.8, 4) is 0 Å². The second-order valence-corrected chi connectivity index (χ2v) is 3.33. The van der Waals surface area contributed by atoms with Crippen molar-refractivity contribution in [2.45, 2.75) is 13.5 Å². The lowest BCUT2D eigenvalue weighted by atomic mass is 10.1. The zero-order chi connectivity index (χ0) is 11.5. The Bertz CT molecular complexity index is 513. The molecule has 0 spiro atoms. The number of furan rings is 1. The zero-order valence-electron chi connectivity index (χ0n) is 8.86. The van der Waals surface area contributed by atoms with E-state index in [-0.39, 0.29) is 12.4 Å². The Kier molecular flexibility index (Phi) is 2.92. The highest BCUT2D eigenvalue weighted by atomic mass is 16.5. The second-order valence-electron chi connectivity index (χ2n) is 3.33. The molecule has 0 aliphatic heterocycles. The number of fused-ring (bicyclic) bond motifs is 1. The highest BCUT2D eigenvalue weighted by Gasteiger charge is 2.14. The van der Waals surface area contributed by atoms with E-state index in [1.807, 2.05) is 13.0 Å². The minimum absolute atomic E-state index is 0.144. The predicted octanol–water partition coefficient (Wildman–Crippen LogP) is 1.33. The molecule has 2 rings (SSSR count). The third kappa shape index (κ3) is 1.79. The van der Waals surface area contributed by atoms with Crippen LogP contribution in [0, 0.1) is 0 Å². The van der Waals surface area contributed by atoms with E-state index in [0.717, 1.165) is 5.39 Å². The molecule has 0 unspecified atom stereocenters. The van der Waals surface area contributed by atoms with Crippen LogP contribution in [-0.4, -0.2) is 12.6 Å². The van der Waals surface area contributed by atoms with Crippen LogP contribution in [0.2, 0.25) is 0 Å². The molecule has 0 aliphatic carbocycles. The van der Waals surface area contributed by atoms with Crippen molar-refractivity contribution >= 4 is 16.9 Å². The molecule has 0 amide bonds. The van der Waals surface area contributed by atoms with Crippen molar-refractivity contribution < 1.29 is 19.1 Å². The summed E-state index contributed by atoms with van der Waals surface area (Å²) in [4.78, 5) is 10.9. The van der Waals surface area contributed by atoms with Gasteiger partial charge >= 0.3 is 0 Å². The lowest BCUT2D eigenvalue weighted by Gasteiger charge is -2.03. The van der Waals surface area contributed by atoms with Crippen molar-refractivity contribution in [2.75, 3.05) is 6.61 Å². The van der Waals surface area contributed by atoms with E-state index in [2.05, 4.69) is 0 Å². The van der Waals surface area contributed by atoms with E-state index in [0.29, 0.717) is 17.8 Å². The van der Waals surface area contributed by atoms with Gasteiger partial charge in [-0.2, -0.15) is 0 Å². The lowest BCUT2D eigenvalue weighted by Crippen LogP contribution is -2.23. The third-order valence-corrected chi connectivity index (χ3v) is 2.33. The molecule has 0 saturated carbocycles. The smallest absolute Gasteiger partial charge is 0.156 e. The largest absolute Gasteiger partial charge is 0.542 e. The quantitative estimate of drug-likeness (QED) is 0.778. The summed E-state index contributed by atoms with van der Waals surface area (Å²) in [5, 5.41) is 11.7. The van der Waals surface area contributed by atoms with Crippen LogP contribution in [0.15, 0.2) is 28.7 Å². The van der Waals surface area contributed by atoms with Crippen molar-refractivity contribution in [3.63, 3.8) is 0 Å². The van der Waals surface area contributed by atoms with Gasteiger partial charge in [-0.1, -0.05) is 18.2 Å². The molecule has 0 bridgehead atoms. The topological polar surface area (TPSA) is 62.5 Å². The summed E-state index contributed by atoms with van der Waals surface area (Å²) >= 11 is 0. The van der Waals surface area contributed by atoms with Gasteiger partial charge in [0.25, 0.3) is 0 Å². The molecule has 1 heterocycles. The third-order valence-electron chi connectivity index (χ3n) is 2.33. The summed E-state index contributed by atoms with van der Waals surface area (Å²) in [6.45, 7) is 2.59. The highest BCUT2D eigenvalue weighted by molar-refractivity contribution is 5.94. The molecule has 0 radical (unpaired) electrons. The summed E-state index contributed by atoms with van der Waals surface area (Å²) in [5.41, 5.74) is 1.08. The van der Waals surface area contributed by atoms with E-state index >= 15 is 0 Å². The van der Waals surface area contributed by atoms with Gasteiger partial charge in [0.15, 0.2) is 5.76 Å². The fourth-order valence-corrected chi connectivity index (χ4v) is 1.61. The number of hydrogen-bond donors (Lipinski definition) is 0. The van der Waals surface area contributed by atoms with Gasteiger partial charge in [0.2, 0.25) is 0 Å². The maximum absolute atomic E-state index is 10.9. The Balaban J connectivity index is 2.55. The molecule has 0 atom stereocenters. The number of carboxylic acid groups (broad SMARTS) is 1. The highest BCUT2D eigenvalue weighted by Crippen LogP contribution is 2.26. The summed E-state index contributed by atoms with van der Waals surface area (Å²) < 4.78 is 10.4. The second kappa shape index (κ2) is 4.37. The number of carboxylic acids is 1. The number of carbonyl (C=O) groups is 1. The molecule has 2 aromatic rings. The Morgan fingerprint density at radius 2 is 2.19 bits per heavy atom. The Morgan fingerprint density at radius 3 is 2.88 bits per heavy atom. The summed E-state index contributed by atoms with van der Waals surface area (Å²) in [7, 11) is 0. The SMILES string of the molecule is CCOCc1c(C(=O)[O-])oc2ccccc12. The molecule has 84 valence electrons. The van der Waals surface area contributed by atoms with Gasteiger partial charge in [-0.15, -0.1) is 0 Å². The van der Waals surface area contributed by atoms with E-state index in [4.69, 9.17) is 9.15 Å². The number of benzene rings is 1. The van der Waals surface area contributed by atoms with Gasteiger partial charge in [-0.05, 0) is 13.0 Å². The zero-order valence-corrected chi connectivity index (χ0v) is 8.86. The molecule has 0 N–H and O–H groups in total. The van der Waals surface area contributed by atoms with Crippen molar-refractivity contribution in [3.05, 3.63) is 35.6 Å². The van der Waals surface area contributed by atoms with E-state index < -0.39 is 5.97 Å². The normalized spacial score (nSPS) is 10.8. The summed E-state index contributed by atoms with van der Waals surface area (Å²) in [6.07, 6.45) is 0. The molecular formula is C12H11O4-. The summed E-state index contributed by atoms with van der Waals surface area (Å²) in [5.74, 6) is -1.46. The fourth-order valence-electron chi connectivity index (χ4n) is 1.61. The number of aromatic carboxylic acids is 1. The molecule has 0 aliphatic rings. The minimum atomic E-state index is -1.31.